The maximum absolute atomic E-state index is 12.3. The van der Waals surface area contributed by atoms with Gasteiger partial charge in [0.2, 0.25) is 10.0 Å². The van der Waals surface area contributed by atoms with E-state index in [0.29, 0.717) is 11.5 Å². The van der Waals surface area contributed by atoms with E-state index in [1.54, 1.807) is 24.3 Å². The van der Waals surface area contributed by atoms with Crippen molar-refractivity contribution in [2.45, 2.75) is 30.7 Å². The predicted molar refractivity (Wildman–Crippen MR) is 74.9 cm³/mol. The average Bonchev–Trinajstić information content (AvgIpc) is 3.20. The third kappa shape index (κ3) is 3.57. The van der Waals surface area contributed by atoms with Gasteiger partial charge in [-0.2, -0.15) is 0 Å². The minimum atomic E-state index is -3.52. The quantitative estimate of drug-likeness (QED) is 0.809. The Bertz CT molecular complexity index is 610. The number of hydrogen-bond donors (Lipinski definition) is 2. The molecular formula is C14H18N2O2S. The Hall–Kier alpha value is -1.35. The molecule has 0 amide bonds. The highest BCUT2D eigenvalue weighted by Gasteiger charge is 2.31. The van der Waals surface area contributed by atoms with Crippen molar-refractivity contribution in [1.29, 1.82) is 0 Å². The molecule has 1 unspecified atom stereocenters. The highest BCUT2D eigenvalue weighted by Crippen LogP contribution is 2.33. The summed E-state index contributed by atoms with van der Waals surface area (Å²) in [6, 6.07) is 6.70. The number of benzene rings is 1. The number of hydrogen-bond acceptors (Lipinski definition) is 3. The molecule has 1 atom stereocenters. The lowest BCUT2D eigenvalue weighted by Crippen LogP contribution is -2.34. The second-order valence-electron chi connectivity index (χ2n) is 4.75. The Morgan fingerprint density at radius 3 is 2.74 bits per heavy atom. The first-order valence-electron chi connectivity index (χ1n) is 6.35. The van der Waals surface area contributed by atoms with Gasteiger partial charge >= 0.3 is 0 Å². The van der Waals surface area contributed by atoms with E-state index in [1.807, 2.05) is 6.92 Å². The molecule has 1 aromatic rings. The molecule has 5 heteroatoms. The standard InChI is InChI=1S/C14H18N2O2S/c1-11(12-8-9-12)16-19(17,18)14-7-3-2-5-13(14)6-4-10-15/h2-3,5,7,11-12,16H,8-10,15H2,1H3. The minimum Gasteiger partial charge on any atom is -0.320 e. The van der Waals surface area contributed by atoms with Crippen molar-refractivity contribution in [1.82, 2.24) is 4.72 Å². The molecule has 4 nitrogen and oxygen atoms in total. The number of sulfonamides is 1. The SMILES string of the molecule is CC(NS(=O)(=O)c1ccccc1C#CCN)C1CC1. The van der Waals surface area contributed by atoms with Gasteiger partial charge in [0.15, 0.2) is 0 Å². The molecule has 0 heterocycles. The molecule has 1 aliphatic rings. The van der Waals surface area contributed by atoms with Crippen molar-refractivity contribution in [2.24, 2.45) is 11.7 Å². The van der Waals surface area contributed by atoms with Gasteiger partial charge in [0, 0.05) is 11.6 Å². The summed E-state index contributed by atoms with van der Waals surface area (Å²) in [4.78, 5) is 0.225. The first-order chi connectivity index (χ1) is 9.04. The van der Waals surface area contributed by atoms with Crippen LogP contribution in [0.2, 0.25) is 0 Å². The summed E-state index contributed by atoms with van der Waals surface area (Å²) in [5, 5.41) is 0. The fourth-order valence-electron chi connectivity index (χ4n) is 1.95. The van der Waals surface area contributed by atoms with Crippen molar-refractivity contribution in [2.75, 3.05) is 6.54 Å². The molecule has 0 bridgehead atoms. The van der Waals surface area contributed by atoms with Crippen LogP contribution in [0.4, 0.5) is 0 Å². The summed E-state index contributed by atoms with van der Waals surface area (Å²) in [5.41, 5.74) is 5.81. The molecule has 1 aliphatic carbocycles. The molecule has 0 aromatic heterocycles. The van der Waals surface area contributed by atoms with Crippen LogP contribution in [0.15, 0.2) is 29.2 Å². The van der Waals surface area contributed by atoms with Crippen molar-refractivity contribution in [3.05, 3.63) is 29.8 Å². The topological polar surface area (TPSA) is 72.2 Å². The van der Waals surface area contributed by atoms with Crippen LogP contribution in [0.25, 0.3) is 0 Å². The monoisotopic (exact) mass is 278 g/mol. The molecule has 1 aromatic carbocycles. The lowest BCUT2D eigenvalue weighted by Gasteiger charge is -2.14. The molecule has 0 spiro atoms. The van der Waals surface area contributed by atoms with Gasteiger partial charge in [0.1, 0.15) is 0 Å². The first kappa shape index (κ1) is 14.1. The Balaban J connectivity index is 2.28. The zero-order valence-electron chi connectivity index (χ0n) is 10.9. The van der Waals surface area contributed by atoms with E-state index in [4.69, 9.17) is 5.73 Å². The summed E-state index contributed by atoms with van der Waals surface area (Å²) in [7, 11) is -3.52. The maximum Gasteiger partial charge on any atom is 0.242 e. The van der Waals surface area contributed by atoms with Gasteiger partial charge in [-0.15, -0.1) is 0 Å². The van der Waals surface area contributed by atoms with E-state index in [-0.39, 0.29) is 17.5 Å². The summed E-state index contributed by atoms with van der Waals surface area (Å²) in [6.07, 6.45) is 2.19. The largest absolute Gasteiger partial charge is 0.320 e. The van der Waals surface area contributed by atoms with Gasteiger partial charge in [-0.1, -0.05) is 24.0 Å². The fraction of sp³-hybridized carbons (Fsp3) is 0.429. The van der Waals surface area contributed by atoms with Crippen LogP contribution in [0.3, 0.4) is 0 Å². The first-order valence-corrected chi connectivity index (χ1v) is 7.83. The van der Waals surface area contributed by atoms with E-state index < -0.39 is 10.0 Å². The molecule has 102 valence electrons. The molecule has 1 fully saturated rings. The van der Waals surface area contributed by atoms with Crippen LogP contribution in [-0.2, 0) is 10.0 Å². The van der Waals surface area contributed by atoms with Gasteiger partial charge in [0.25, 0.3) is 0 Å². The molecule has 19 heavy (non-hydrogen) atoms. The van der Waals surface area contributed by atoms with Gasteiger partial charge in [0.05, 0.1) is 11.4 Å². The highest BCUT2D eigenvalue weighted by molar-refractivity contribution is 7.89. The van der Waals surface area contributed by atoms with Gasteiger partial charge in [-0.25, -0.2) is 13.1 Å². The summed E-state index contributed by atoms with van der Waals surface area (Å²) < 4.78 is 27.4. The second kappa shape index (κ2) is 5.74. The van der Waals surface area contributed by atoms with E-state index in [2.05, 4.69) is 16.6 Å². The lowest BCUT2D eigenvalue weighted by atomic mass is 10.2. The Kier molecular flexibility index (Phi) is 4.25. The van der Waals surface area contributed by atoms with E-state index >= 15 is 0 Å². The van der Waals surface area contributed by atoms with E-state index in [1.165, 1.54) is 0 Å². The molecule has 1 saturated carbocycles. The number of nitrogens with one attached hydrogen (secondary N) is 1. The average molecular weight is 278 g/mol. The number of nitrogens with two attached hydrogens (primary N) is 1. The third-order valence-electron chi connectivity index (χ3n) is 3.17. The van der Waals surface area contributed by atoms with Crippen LogP contribution in [0.5, 0.6) is 0 Å². The van der Waals surface area contributed by atoms with E-state index in [9.17, 15) is 8.42 Å². The molecular weight excluding hydrogens is 260 g/mol. The van der Waals surface area contributed by atoms with Crippen LogP contribution < -0.4 is 10.5 Å². The molecule has 2 rings (SSSR count). The second-order valence-corrected chi connectivity index (χ2v) is 6.43. The van der Waals surface area contributed by atoms with Crippen molar-refractivity contribution >= 4 is 10.0 Å². The molecule has 0 radical (unpaired) electrons. The zero-order valence-corrected chi connectivity index (χ0v) is 11.7. The predicted octanol–water partition coefficient (Wildman–Crippen LogP) is 1.07. The van der Waals surface area contributed by atoms with Crippen LogP contribution >= 0.6 is 0 Å². The molecule has 0 saturated heterocycles. The van der Waals surface area contributed by atoms with Crippen LogP contribution in [0, 0.1) is 17.8 Å². The normalized spacial score (nSPS) is 16.5. The Labute approximate surface area is 114 Å². The maximum atomic E-state index is 12.3. The zero-order chi connectivity index (χ0) is 13.9. The van der Waals surface area contributed by atoms with Crippen molar-refractivity contribution in [3.8, 4) is 11.8 Å². The van der Waals surface area contributed by atoms with Gasteiger partial charge in [-0.05, 0) is 37.8 Å². The Morgan fingerprint density at radius 1 is 1.42 bits per heavy atom. The highest BCUT2D eigenvalue weighted by atomic mass is 32.2. The number of rotatable bonds is 4. The molecule has 3 N–H and O–H groups in total. The minimum absolute atomic E-state index is 0.0273. The lowest BCUT2D eigenvalue weighted by molar-refractivity contribution is 0.538. The van der Waals surface area contributed by atoms with Crippen molar-refractivity contribution in [3.63, 3.8) is 0 Å². The smallest absolute Gasteiger partial charge is 0.242 e. The third-order valence-corrected chi connectivity index (χ3v) is 4.79. The van der Waals surface area contributed by atoms with Crippen molar-refractivity contribution < 1.29 is 8.42 Å². The summed E-state index contributed by atoms with van der Waals surface area (Å²) in [5.74, 6) is 5.96. The molecule has 0 aliphatic heterocycles. The fourth-order valence-corrected chi connectivity index (χ4v) is 3.43. The van der Waals surface area contributed by atoms with Crippen LogP contribution in [-0.4, -0.2) is 21.0 Å². The summed E-state index contributed by atoms with van der Waals surface area (Å²) >= 11 is 0. The Morgan fingerprint density at radius 2 is 2.11 bits per heavy atom. The summed E-state index contributed by atoms with van der Waals surface area (Å²) in [6.45, 7) is 2.11. The van der Waals surface area contributed by atoms with Gasteiger partial charge in [-0.3, -0.25) is 0 Å². The van der Waals surface area contributed by atoms with Crippen LogP contribution in [0.1, 0.15) is 25.3 Å². The van der Waals surface area contributed by atoms with E-state index in [0.717, 1.165) is 12.8 Å². The van der Waals surface area contributed by atoms with Gasteiger partial charge < -0.3 is 5.73 Å².